The highest BCUT2D eigenvalue weighted by atomic mass is 16.2. The van der Waals surface area contributed by atoms with Gasteiger partial charge in [0.05, 0.1) is 11.8 Å². The number of amides is 4. The molecule has 3 rings (SSSR count). The van der Waals surface area contributed by atoms with Gasteiger partial charge in [0, 0.05) is 25.6 Å². The molecule has 1 aliphatic carbocycles. The molecule has 1 saturated heterocycles. The molecule has 0 saturated carbocycles. The van der Waals surface area contributed by atoms with E-state index < -0.39 is 6.04 Å². The second kappa shape index (κ2) is 11.4. The van der Waals surface area contributed by atoms with Crippen LogP contribution >= 0.6 is 0 Å². The minimum atomic E-state index is -0.627. The molecule has 4 amide bonds. The fraction of sp³-hybridized carbons (Fsp3) is 0.556. The van der Waals surface area contributed by atoms with Crippen LogP contribution < -0.4 is 5.32 Å². The minimum Gasteiger partial charge on any atom is -0.352 e. The number of aryl methyl sites for hydroxylation is 1. The molecule has 1 heterocycles. The van der Waals surface area contributed by atoms with Crippen LogP contribution in [0.5, 0.6) is 0 Å². The summed E-state index contributed by atoms with van der Waals surface area (Å²) < 4.78 is 0. The van der Waals surface area contributed by atoms with Crippen LogP contribution in [0.1, 0.15) is 64.0 Å². The molecule has 4 atom stereocenters. The number of imide groups is 1. The van der Waals surface area contributed by atoms with Gasteiger partial charge >= 0.3 is 0 Å². The average molecular weight is 468 g/mol. The van der Waals surface area contributed by atoms with Crippen LogP contribution in [0.15, 0.2) is 36.4 Å². The number of nitrogens with zero attached hydrogens (tertiary/aromatic N) is 2. The van der Waals surface area contributed by atoms with Crippen LogP contribution in [0.3, 0.4) is 0 Å². The van der Waals surface area contributed by atoms with E-state index in [1.165, 1.54) is 4.90 Å². The Morgan fingerprint density at radius 1 is 1.06 bits per heavy atom. The van der Waals surface area contributed by atoms with Crippen molar-refractivity contribution < 1.29 is 19.2 Å². The normalized spacial score (nSPS) is 21.2. The summed E-state index contributed by atoms with van der Waals surface area (Å²) in [5.41, 5.74) is 2.01. The topological polar surface area (TPSA) is 86.8 Å². The summed E-state index contributed by atoms with van der Waals surface area (Å²) in [7, 11) is 0. The first-order valence-electron chi connectivity index (χ1n) is 12.4. The summed E-state index contributed by atoms with van der Waals surface area (Å²) >= 11 is 0. The maximum absolute atomic E-state index is 13.5. The Balaban J connectivity index is 1.77. The van der Waals surface area contributed by atoms with Crippen LogP contribution in [0, 0.1) is 18.8 Å². The van der Waals surface area contributed by atoms with E-state index in [-0.39, 0.29) is 54.5 Å². The molecule has 1 aliphatic heterocycles. The fourth-order valence-electron chi connectivity index (χ4n) is 4.77. The van der Waals surface area contributed by atoms with E-state index in [0.29, 0.717) is 25.8 Å². The maximum atomic E-state index is 13.5. The number of hydrogen-bond acceptors (Lipinski definition) is 4. The van der Waals surface area contributed by atoms with Gasteiger partial charge in [-0.05, 0) is 50.7 Å². The molecular weight excluding hydrogens is 430 g/mol. The summed E-state index contributed by atoms with van der Waals surface area (Å²) in [6.07, 6.45) is 6.32. The van der Waals surface area contributed by atoms with E-state index >= 15 is 0 Å². The van der Waals surface area contributed by atoms with Crippen molar-refractivity contribution in [3.05, 3.63) is 47.5 Å². The molecule has 34 heavy (non-hydrogen) atoms. The third-order valence-electron chi connectivity index (χ3n) is 7.14. The number of nitrogens with one attached hydrogen (secondary N) is 1. The van der Waals surface area contributed by atoms with Crippen molar-refractivity contribution in [2.45, 2.75) is 78.4 Å². The number of carbonyl (C=O) groups excluding carboxylic acids is 4. The monoisotopic (exact) mass is 467 g/mol. The van der Waals surface area contributed by atoms with Crippen molar-refractivity contribution in [3.63, 3.8) is 0 Å². The molecule has 1 fully saturated rings. The molecule has 2 aliphatic rings. The quantitative estimate of drug-likeness (QED) is 0.422. The Labute approximate surface area is 202 Å². The molecule has 0 bridgehead atoms. The first-order chi connectivity index (χ1) is 16.3. The zero-order valence-corrected chi connectivity index (χ0v) is 20.8. The predicted molar refractivity (Wildman–Crippen MR) is 130 cm³/mol. The molecule has 184 valence electrons. The van der Waals surface area contributed by atoms with E-state index in [0.717, 1.165) is 17.5 Å². The van der Waals surface area contributed by atoms with Gasteiger partial charge in [-0.1, -0.05) is 50.3 Å². The molecule has 0 radical (unpaired) electrons. The molecule has 7 heteroatoms. The van der Waals surface area contributed by atoms with Crippen molar-refractivity contribution in [1.82, 2.24) is 15.1 Å². The molecule has 0 unspecified atom stereocenters. The van der Waals surface area contributed by atoms with Crippen LogP contribution in [-0.4, -0.2) is 52.1 Å². The lowest BCUT2D eigenvalue weighted by Gasteiger charge is -2.32. The Kier molecular flexibility index (Phi) is 8.64. The standard InChI is InChI=1S/C27H37N3O4/c1-5-19(4)28-25(32)23(6-2)30(17-20-12-8-7-11-18(20)3)24(31)15-16-29-26(33)21-13-9-10-14-22(21)27(29)34/h7-12,19,21-23H,5-6,13-17H2,1-4H3,(H,28,32)/t19-,21-,22+,23-/m0/s1. The summed E-state index contributed by atoms with van der Waals surface area (Å²) in [6.45, 7) is 8.17. The smallest absolute Gasteiger partial charge is 0.243 e. The second-order valence-electron chi connectivity index (χ2n) is 9.42. The largest absolute Gasteiger partial charge is 0.352 e. The van der Waals surface area contributed by atoms with Crippen LogP contribution in [0.2, 0.25) is 0 Å². The molecule has 1 N–H and O–H groups in total. The second-order valence-corrected chi connectivity index (χ2v) is 9.42. The third kappa shape index (κ3) is 5.57. The maximum Gasteiger partial charge on any atom is 0.243 e. The van der Waals surface area contributed by atoms with Gasteiger partial charge in [0.1, 0.15) is 6.04 Å². The Morgan fingerprint density at radius 3 is 2.24 bits per heavy atom. The number of likely N-dealkylation sites (tertiary alicyclic amines) is 1. The molecule has 0 aromatic heterocycles. The van der Waals surface area contributed by atoms with Crippen molar-refractivity contribution in [2.24, 2.45) is 11.8 Å². The highest BCUT2D eigenvalue weighted by Gasteiger charge is 2.47. The number of hydrogen-bond donors (Lipinski definition) is 1. The Morgan fingerprint density at radius 2 is 1.68 bits per heavy atom. The minimum absolute atomic E-state index is 0.00331. The van der Waals surface area contributed by atoms with Crippen LogP contribution in [-0.2, 0) is 25.7 Å². The van der Waals surface area contributed by atoms with Crippen molar-refractivity contribution >= 4 is 23.6 Å². The zero-order chi connectivity index (χ0) is 24.8. The van der Waals surface area contributed by atoms with E-state index in [9.17, 15) is 19.2 Å². The van der Waals surface area contributed by atoms with E-state index in [1.807, 2.05) is 64.1 Å². The SMILES string of the molecule is CC[C@H](C)NC(=O)[C@H](CC)N(Cc1ccccc1C)C(=O)CCN1C(=O)[C@H]2CC=CC[C@H]2C1=O. The number of carbonyl (C=O) groups is 4. The van der Waals surface area contributed by atoms with Gasteiger partial charge in [-0.3, -0.25) is 24.1 Å². The molecular formula is C27H37N3O4. The molecule has 1 aromatic rings. The van der Waals surface area contributed by atoms with Gasteiger partial charge in [0.25, 0.3) is 0 Å². The van der Waals surface area contributed by atoms with Gasteiger partial charge in [0.15, 0.2) is 0 Å². The average Bonchev–Trinajstić information content (AvgIpc) is 3.08. The molecule has 0 spiro atoms. The predicted octanol–water partition coefficient (Wildman–Crippen LogP) is 3.36. The van der Waals surface area contributed by atoms with Gasteiger partial charge in [-0.15, -0.1) is 0 Å². The summed E-state index contributed by atoms with van der Waals surface area (Å²) in [4.78, 5) is 55.0. The van der Waals surface area contributed by atoms with Crippen LogP contribution in [0.25, 0.3) is 0 Å². The van der Waals surface area contributed by atoms with Crippen molar-refractivity contribution in [2.75, 3.05) is 6.54 Å². The zero-order valence-electron chi connectivity index (χ0n) is 20.8. The van der Waals surface area contributed by atoms with Crippen molar-refractivity contribution in [1.29, 1.82) is 0 Å². The highest BCUT2D eigenvalue weighted by molar-refractivity contribution is 6.05. The fourth-order valence-corrected chi connectivity index (χ4v) is 4.77. The summed E-state index contributed by atoms with van der Waals surface area (Å²) in [6, 6.07) is 7.18. The number of allylic oxidation sites excluding steroid dienone is 2. The van der Waals surface area contributed by atoms with Crippen molar-refractivity contribution in [3.8, 4) is 0 Å². The lowest BCUT2D eigenvalue weighted by molar-refractivity contribution is -0.144. The van der Waals surface area contributed by atoms with E-state index in [4.69, 9.17) is 0 Å². The van der Waals surface area contributed by atoms with Gasteiger partial charge in [-0.25, -0.2) is 0 Å². The van der Waals surface area contributed by atoms with Gasteiger partial charge < -0.3 is 10.2 Å². The summed E-state index contributed by atoms with van der Waals surface area (Å²) in [5, 5.41) is 3.00. The molecule has 7 nitrogen and oxygen atoms in total. The van der Waals surface area contributed by atoms with Gasteiger partial charge in [0.2, 0.25) is 23.6 Å². The first-order valence-corrected chi connectivity index (χ1v) is 12.4. The lowest BCUT2D eigenvalue weighted by atomic mass is 9.85. The highest BCUT2D eigenvalue weighted by Crippen LogP contribution is 2.35. The number of rotatable bonds is 10. The van der Waals surface area contributed by atoms with E-state index in [2.05, 4.69) is 5.32 Å². The molecule has 1 aromatic carbocycles. The van der Waals surface area contributed by atoms with E-state index in [1.54, 1.807) is 4.90 Å². The first kappa shape index (κ1) is 25.7. The Hall–Kier alpha value is -2.96. The number of fused-ring (bicyclic) bond motifs is 1. The summed E-state index contributed by atoms with van der Waals surface area (Å²) in [5.74, 6) is -1.38. The lowest BCUT2D eigenvalue weighted by Crippen LogP contribution is -2.51. The third-order valence-corrected chi connectivity index (χ3v) is 7.14. The van der Waals surface area contributed by atoms with Crippen LogP contribution in [0.4, 0.5) is 0 Å². The Bertz CT molecular complexity index is 931. The van der Waals surface area contributed by atoms with Gasteiger partial charge in [-0.2, -0.15) is 0 Å². The number of benzene rings is 1.